The van der Waals surface area contributed by atoms with E-state index in [1.165, 1.54) is 72.8 Å². The van der Waals surface area contributed by atoms with Gasteiger partial charge >= 0.3 is 0 Å². The van der Waals surface area contributed by atoms with Crippen molar-refractivity contribution >= 4 is 23.1 Å². The lowest BCUT2D eigenvalue weighted by Gasteiger charge is -2.29. The molecule has 0 aliphatic carbocycles. The zero-order valence-corrected chi connectivity index (χ0v) is 33.5. The van der Waals surface area contributed by atoms with Crippen LogP contribution in [0.2, 0.25) is 0 Å². The van der Waals surface area contributed by atoms with Crippen LogP contribution in [0.5, 0.6) is 23.0 Å². The molecule has 0 saturated heterocycles. The summed E-state index contributed by atoms with van der Waals surface area (Å²) in [5.74, 6) is -3.02. The predicted molar refractivity (Wildman–Crippen MR) is 237 cm³/mol. The van der Waals surface area contributed by atoms with Crippen molar-refractivity contribution in [1.82, 2.24) is 0 Å². The van der Waals surface area contributed by atoms with Gasteiger partial charge in [0.15, 0.2) is 23.1 Å². The van der Waals surface area contributed by atoms with E-state index < -0.39 is 12.2 Å². The van der Waals surface area contributed by atoms with Gasteiger partial charge in [0.2, 0.25) is 0 Å². The number of carbonyl (C=O) groups is 4. The van der Waals surface area contributed by atoms with Crippen LogP contribution in [0.1, 0.15) is 98.1 Å². The molecule has 0 unspecified atom stereocenters. The second-order valence-electron chi connectivity index (χ2n) is 14.8. The molecule has 0 saturated carbocycles. The summed E-state index contributed by atoms with van der Waals surface area (Å²) in [6.07, 6.45) is -3.13. The minimum Gasteiger partial charge on any atom is -0.508 e. The van der Waals surface area contributed by atoms with E-state index in [4.69, 9.17) is 4.74 Å². The summed E-state index contributed by atoms with van der Waals surface area (Å²) in [6, 6.07) is 50.5. The van der Waals surface area contributed by atoms with Crippen LogP contribution in [-0.4, -0.2) is 43.6 Å². The van der Waals surface area contributed by atoms with Crippen LogP contribution < -0.4 is 0 Å². The summed E-state index contributed by atoms with van der Waals surface area (Å²) in [5, 5.41) is 46.8. The molecule has 0 aromatic heterocycles. The Balaban J connectivity index is 1.35. The van der Waals surface area contributed by atoms with Gasteiger partial charge < -0.3 is 25.2 Å². The fraction of sp³-hybridized carbons (Fsp3) is 0.0370. The summed E-state index contributed by atoms with van der Waals surface area (Å²) in [6.45, 7) is 0. The van der Waals surface area contributed by atoms with E-state index >= 15 is 0 Å². The fourth-order valence-electron chi connectivity index (χ4n) is 7.41. The molecule has 0 aliphatic heterocycles. The monoisotopic (exact) mass is 830 g/mol. The lowest BCUT2D eigenvalue weighted by atomic mass is 9.90. The topological polar surface area (TPSA) is 158 Å². The van der Waals surface area contributed by atoms with Gasteiger partial charge in [0.1, 0.15) is 35.2 Å². The highest BCUT2D eigenvalue weighted by Gasteiger charge is 2.33. The van der Waals surface area contributed by atoms with Crippen LogP contribution in [0.4, 0.5) is 0 Å². The molecule has 9 nitrogen and oxygen atoms in total. The van der Waals surface area contributed by atoms with Crippen molar-refractivity contribution in [3.8, 4) is 23.0 Å². The molecule has 4 N–H and O–H groups in total. The van der Waals surface area contributed by atoms with E-state index in [1.54, 1.807) is 121 Å². The van der Waals surface area contributed by atoms with Gasteiger partial charge in [0.25, 0.3) is 0 Å². The lowest BCUT2D eigenvalue weighted by Crippen LogP contribution is -2.17. The van der Waals surface area contributed by atoms with Crippen LogP contribution in [0.3, 0.4) is 0 Å². The smallest absolute Gasteiger partial charge is 0.193 e. The average molecular weight is 831 g/mol. The van der Waals surface area contributed by atoms with Crippen LogP contribution >= 0.6 is 0 Å². The van der Waals surface area contributed by atoms with Gasteiger partial charge in [0, 0.05) is 66.8 Å². The third-order valence-electron chi connectivity index (χ3n) is 10.7. The molecular formula is C54H38O9. The molecule has 63 heavy (non-hydrogen) atoms. The minimum atomic E-state index is -1.57. The van der Waals surface area contributed by atoms with Crippen molar-refractivity contribution in [3.63, 3.8) is 0 Å². The average Bonchev–Trinajstić information content (AvgIpc) is 3.33. The SMILES string of the molecule is O=C(c1ccccc1)c1ccc(O)c(C(OC(c2cc(C(=O)c3ccccc3)ccc2O)c2cc(C(=O)c3ccccc3)ccc2O)c2cc(C(=O)c3ccccc3)ccc2O)c1. The molecule has 0 fully saturated rings. The second kappa shape index (κ2) is 18.1. The molecule has 0 radical (unpaired) electrons. The quantitative estimate of drug-likeness (QED) is 0.0783. The number of phenols is 4. The third kappa shape index (κ3) is 8.77. The van der Waals surface area contributed by atoms with Gasteiger partial charge in [-0.3, -0.25) is 19.2 Å². The minimum absolute atomic E-state index is 0.0339. The predicted octanol–water partition coefficient (Wildman–Crippen LogP) is 10.3. The normalized spacial score (nSPS) is 11.1. The molecule has 0 spiro atoms. The first-order valence-corrected chi connectivity index (χ1v) is 19.9. The van der Waals surface area contributed by atoms with E-state index in [0.29, 0.717) is 22.3 Å². The van der Waals surface area contributed by atoms with E-state index in [9.17, 15) is 39.6 Å². The summed E-state index contributed by atoms with van der Waals surface area (Å²) < 4.78 is 6.99. The molecule has 0 atom stereocenters. The van der Waals surface area contributed by atoms with Gasteiger partial charge in [-0.1, -0.05) is 121 Å². The van der Waals surface area contributed by atoms with Crippen molar-refractivity contribution in [2.24, 2.45) is 0 Å². The third-order valence-corrected chi connectivity index (χ3v) is 10.7. The Morgan fingerprint density at radius 3 is 0.698 bits per heavy atom. The van der Waals surface area contributed by atoms with Gasteiger partial charge in [-0.15, -0.1) is 0 Å². The number of carbonyl (C=O) groups excluding carboxylic acids is 4. The van der Waals surface area contributed by atoms with Gasteiger partial charge in [-0.25, -0.2) is 0 Å². The zero-order valence-electron chi connectivity index (χ0n) is 33.5. The van der Waals surface area contributed by atoms with Crippen LogP contribution in [0.25, 0.3) is 0 Å². The maximum atomic E-state index is 13.9. The number of hydrogen-bond donors (Lipinski definition) is 4. The van der Waals surface area contributed by atoms with Crippen LogP contribution in [-0.2, 0) is 4.74 Å². The Morgan fingerprint density at radius 2 is 0.492 bits per heavy atom. The number of rotatable bonds is 14. The van der Waals surface area contributed by atoms with Gasteiger partial charge in [-0.05, 0) is 72.8 Å². The van der Waals surface area contributed by atoms with Crippen molar-refractivity contribution < 1.29 is 44.3 Å². The fourth-order valence-corrected chi connectivity index (χ4v) is 7.41. The Morgan fingerprint density at radius 1 is 0.286 bits per heavy atom. The van der Waals surface area contributed by atoms with Crippen molar-refractivity contribution in [2.75, 3.05) is 0 Å². The van der Waals surface area contributed by atoms with Crippen LogP contribution in [0, 0.1) is 0 Å². The highest BCUT2D eigenvalue weighted by atomic mass is 16.5. The molecular weight excluding hydrogens is 793 g/mol. The van der Waals surface area contributed by atoms with Crippen molar-refractivity contribution in [1.29, 1.82) is 0 Å². The zero-order chi connectivity index (χ0) is 44.0. The molecule has 0 amide bonds. The second-order valence-corrected chi connectivity index (χ2v) is 14.8. The van der Waals surface area contributed by atoms with E-state index in [-0.39, 0.29) is 90.6 Å². The molecule has 0 heterocycles. The number of ketones is 4. The summed E-state index contributed by atoms with van der Waals surface area (Å²) in [4.78, 5) is 55.5. The first-order valence-electron chi connectivity index (χ1n) is 19.9. The lowest BCUT2D eigenvalue weighted by molar-refractivity contribution is 0.0260. The molecule has 8 aromatic rings. The Hall–Kier alpha value is -8.40. The molecule has 0 aliphatic rings. The Bertz CT molecular complexity index is 2580. The first-order chi connectivity index (χ1) is 30.6. The van der Waals surface area contributed by atoms with E-state index in [2.05, 4.69) is 0 Å². The Kier molecular flexibility index (Phi) is 11.9. The molecule has 0 bridgehead atoms. The van der Waals surface area contributed by atoms with Gasteiger partial charge in [-0.2, -0.15) is 0 Å². The number of phenolic OH excluding ortho intramolecular Hbond substituents is 4. The van der Waals surface area contributed by atoms with Gasteiger partial charge in [0.05, 0.1) is 0 Å². The maximum absolute atomic E-state index is 13.9. The molecule has 8 rings (SSSR count). The highest BCUT2D eigenvalue weighted by molar-refractivity contribution is 6.11. The van der Waals surface area contributed by atoms with E-state index in [1.807, 2.05) is 0 Å². The Labute approximate surface area is 362 Å². The largest absolute Gasteiger partial charge is 0.508 e. The van der Waals surface area contributed by atoms with Crippen LogP contribution in [0.15, 0.2) is 194 Å². The number of benzene rings is 8. The van der Waals surface area contributed by atoms with Crippen molar-refractivity contribution in [3.05, 3.63) is 261 Å². The summed E-state index contributed by atoms with van der Waals surface area (Å²) >= 11 is 0. The number of aromatic hydroxyl groups is 4. The molecule has 8 aromatic carbocycles. The standard InChI is InChI=1S/C54H38O9/c55-45-25-21-37(49(59)33-13-5-1-6-14-33)29-41(45)53(42-30-38(22-26-46(42)56)50(60)34-15-7-2-8-16-34)63-54(43-31-39(23-27-47(43)57)51(61)35-17-9-3-10-18-35)44-32-40(24-28-48(44)58)52(62)36-19-11-4-12-20-36/h1-32,53-58H. The first kappa shape index (κ1) is 41.3. The summed E-state index contributed by atoms with van der Waals surface area (Å²) in [7, 11) is 0. The molecule has 9 heteroatoms. The highest BCUT2D eigenvalue weighted by Crippen LogP contribution is 2.46. The molecule has 308 valence electrons. The maximum Gasteiger partial charge on any atom is 0.193 e. The van der Waals surface area contributed by atoms with E-state index in [0.717, 1.165) is 0 Å². The summed E-state index contributed by atoms with van der Waals surface area (Å²) in [5.41, 5.74) is 1.88. The van der Waals surface area contributed by atoms with Crippen molar-refractivity contribution in [2.45, 2.75) is 12.2 Å². The number of ether oxygens (including phenoxy) is 1. The number of hydrogen-bond acceptors (Lipinski definition) is 9.